The molecule has 1 aromatic rings. The monoisotopic (exact) mass is 246 g/mol. The normalized spacial score (nSPS) is 12.1. The van der Waals surface area contributed by atoms with Gasteiger partial charge in [0.25, 0.3) is 0 Å². The molecule has 3 nitrogen and oxygen atoms in total. The van der Waals surface area contributed by atoms with E-state index in [2.05, 4.69) is 0 Å². The van der Waals surface area contributed by atoms with E-state index in [4.69, 9.17) is 4.74 Å². The van der Waals surface area contributed by atoms with E-state index in [0.717, 1.165) is 0 Å². The first-order valence-corrected chi connectivity index (χ1v) is 5.80. The van der Waals surface area contributed by atoms with Gasteiger partial charge in [0, 0.05) is 11.5 Å². The summed E-state index contributed by atoms with van der Waals surface area (Å²) in [4.78, 5) is 23.4. The van der Waals surface area contributed by atoms with E-state index in [9.17, 15) is 9.59 Å². The summed E-state index contributed by atoms with van der Waals surface area (Å²) in [6.07, 6.45) is 1.36. The highest BCUT2D eigenvalue weighted by Crippen LogP contribution is 2.17. The summed E-state index contributed by atoms with van der Waals surface area (Å²) in [5, 5.41) is 0. The number of hydrogen-bond acceptors (Lipinski definition) is 3. The van der Waals surface area contributed by atoms with Gasteiger partial charge in [0.2, 0.25) is 0 Å². The summed E-state index contributed by atoms with van der Waals surface area (Å²) in [6.45, 7) is 7.05. The van der Waals surface area contributed by atoms with Gasteiger partial charge in [0.1, 0.15) is 5.76 Å². The molecule has 0 N–H and O–H groups in total. The third-order valence-corrected chi connectivity index (χ3v) is 2.34. The third kappa shape index (κ3) is 4.17. The van der Waals surface area contributed by atoms with Crippen molar-refractivity contribution < 1.29 is 14.3 Å². The van der Waals surface area contributed by atoms with Gasteiger partial charge in [-0.05, 0) is 19.1 Å². The molecule has 0 radical (unpaired) electrons. The van der Waals surface area contributed by atoms with Crippen molar-refractivity contribution in [3.05, 3.63) is 47.7 Å². The molecule has 0 aliphatic rings. The molecular weight excluding hydrogens is 228 g/mol. The molecule has 0 spiro atoms. The van der Waals surface area contributed by atoms with Crippen LogP contribution < -0.4 is 0 Å². The average Bonchev–Trinajstić information content (AvgIpc) is 2.28. The Hall–Kier alpha value is -1.90. The lowest BCUT2D eigenvalue weighted by molar-refractivity contribution is -0.121. The summed E-state index contributed by atoms with van der Waals surface area (Å²) in [5.41, 5.74) is -0.00565. The molecule has 0 heterocycles. The molecule has 0 atom stereocenters. The minimum Gasteiger partial charge on any atom is -0.428 e. The van der Waals surface area contributed by atoms with Crippen LogP contribution in [0.15, 0.2) is 42.2 Å². The van der Waals surface area contributed by atoms with Gasteiger partial charge in [0.05, 0.1) is 5.56 Å². The van der Waals surface area contributed by atoms with Crippen LogP contribution in [0.25, 0.3) is 0 Å². The van der Waals surface area contributed by atoms with Gasteiger partial charge < -0.3 is 4.74 Å². The Morgan fingerprint density at radius 1 is 1.11 bits per heavy atom. The molecule has 0 saturated carbocycles. The van der Waals surface area contributed by atoms with Gasteiger partial charge in [-0.2, -0.15) is 0 Å². The number of benzene rings is 1. The number of esters is 1. The molecule has 0 amide bonds. The fraction of sp³-hybridized carbons (Fsp3) is 0.333. The molecule has 1 aromatic carbocycles. The van der Waals surface area contributed by atoms with E-state index in [1.807, 2.05) is 26.8 Å². The standard InChI is InChI=1S/C15H18O3/c1-11(10-13(16)15(2,3)4)18-14(17)12-8-6-5-7-9-12/h5-10H,1-4H3/b11-10+. The highest BCUT2D eigenvalue weighted by atomic mass is 16.5. The van der Waals surface area contributed by atoms with E-state index >= 15 is 0 Å². The van der Waals surface area contributed by atoms with Crippen molar-refractivity contribution in [1.29, 1.82) is 0 Å². The summed E-state index contributed by atoms with van der Waals surface area (Å²) in [6, 6.07) is 8.68. The summed E-state index contributed by atoms with van der Waals surface area (Å²) < 4.78 is 5.10. The number of carbonyl (C=O) groups excluding carboxylic acids is 2. The SMILES string of the molecule is C/C(=C\C(=O)C(C)(C)C)OC(=O)c1ccccc1. The molecule has 3 heteroatoms. The molecule has 0 aliphatic heterocycles. The van der Waals surface area contributed by atoms with Gasteiger partial charge in [0.15, 0.2) is 5.78 Å². The first-order valence-electron chi connectivity index (χ1n) is 5.80. The fourth-order valence-corrected chi connectivity index (χ4v) is 1.21. The Balaban J connectivity index is 2.72. The van der Waals surface area contributed by atoms with Crippen molar-refractivity contribution in [2.45, 2.75) is 27.7 Å². The van der Waals surface area contributed by atoms with Gasteiger partial charge in [-0.25, -0.2) is 4.79 Å². The number of allylic oxidation sites excluding steroid dienone is 2. The maximum Gasteiger partial charge on any atom is 0.343 e. The van der Waals surface area contributed by atoms with Crippen LogP contribution in [0.1, 0.15) is 38.1 Å². The largest absolute Gasteiger partial charge is 0.428 e. The van der Waals surface area contributed by atoms with Crippen LogP contribution in [0, 0.1) is 5.41 Å². The summed E-state index contributed by atoms with van der Waals surface area (Å²) in [7, 11) is 0. The van der Waals surface area contributed by atoms with Crippen molar-refractivity contribution in [2.24, 2.45) is 5.41 Å². The van der Waals surface area contributed by atoms with Gasteiger partial charge in [-0.15, -0.1) is 0 Å². The van der Waals surface area contributed by atoms with Gasteiger partial charge in [-0.1, -0.05) is 39.0 Å². The number of ketones is 1. The van der Waals surface area contributed by atoms with Crippen molar-refractivity contribution in [2.75, 3.05) is 0 Å². The minimum absolute atomic E-state index is 0.0686. The number of ether oxygens (including phenoxy) is 1. The average molecular weight is 246 g/mol. The molecule has 0 saturated heterocycles. The zero-order chi connectivity index (χ0) is 13.8. The van der Waals surface area contributed by atoms with Crippen LogP contribution in [-0.2, 0) is 9.53 Å². The Kier molecular flexibility index (Phi) is 4.43. The van der Waals surface area contributed by atoms with E-state index in [1.165, 1.54) is 6.08 Å². The number of carbonyl (C=O) groups is 2. The first kappa shape index (κ1) is 14.2. The molecule has 0 aromatic heterocycles. The van der Waals surface area contributed by atoms with E-state index in [0.29, 0.717) is 11.3 Å². The maximum absolute atomic E-state index is 11.7. The lowest BCUT2D eigenvalue weighted by atomic mass is 9.90. The lowest BCUT2D eigenvalue weighted by Crippen LogP contribution is -2.18. The topological polar surface area (TPSA) is 43.4 Å². The molecule has 0 aliphatic carbocycles. The van der Waals surface area contributed by atoms with Crippen molar-refractivity contribution in [1.82, 2.24) is 0 Å². The predicted molar refractivity (Wildman–Crippen MR) is 70.1 cm³/mol. The van der Waals surface area contributed by atoms with Crippen LogP contribution in [-0.4, -0.2) is 11.8 Å². The zero-order valence-electron chi connectivity index (χ0n) is 11.2. The van der Waals surface area contributed by atoms with E-state index < -0.39 is 11.4 Å². The summed E-state index contributed by atoms with van der Waals surface area (Å²) >= 11 is 0. The first-order chi connectivity index (χ1) is 8.30. The molecule has 0 bridgehead atoms. The second kappa shape index (κ2) is 5.63. The van der Waals surface area contributed by atoms with Crippen LogP contribution in [0.3, 0.4) is 0 Å². The molecule has 96 valence electrons. The highest BCUT2D eigenvalue weighted by molar-refractivity contribution is 5.95. The van der Waals surface area contributed by atoms with Gasteiger partial charge >= 0.3 is 5.97 Å². The van der Waals surface area contributed by atoms with Crippen LogP contribution in [0.2, 0.25) is 0 Å². The highest BCUT2D eigenvalue weighted by Gasteiger charge is 2.19. The maximum atomic E-state index is 11.7. The minimum atomic E-state index is -0.472. The summed E-state index contributed by atoms with van der Waals surface area (Å²) in [5.74, 6) is -0.212. The quantitative estimate of drug-likeness (QED) is 0.466. The smallest absolute Gasteiger partial charge is 0.343 e. The Morgan fingerprint density at radius 2 is 1.67 bits per heavy atom. The molecule has 0 unspecified atom stereocenters. The molecule has 18 heavy (non-hydrogen) atoms. The molecular formula is C15H18O3. The zero-order valence-corrected chi connectivity index (χ0v) is 11.2. The Labute approximate surface area is 107 Å². The number of hydrogen-bond donors (Lipinski definition) is 0. The predicted octanol–water partition coefficient (Wildman–Crippen LogP) is 3.36. The van der Waals surface area contributed by atoms with E-state index in [-0.39, 0.29) is 5.78 Å². The van der Waals surface area contributed by atoms with Crippen LogP contribution >= 0.6 is 0 Å². The Morgan fingerprint density at radius 3 is 2.17 bits per heavy atom. The fourth-order valence-electron chi connectivity index (χ4n) is 1.21. The van der Waals surface area contributed by atoms with Crippen molar-refractivity contribution in [3.63, 3.8) is 0 Å². The second-order valence-corrected chi connectivity index (χ2v) is 5.12. The second-order valence-electron chi connectivity index (χ2n) is 5.12. The van der Waals surface area contributed by atoms with Crippen LogP contribution in [0.4, 0.5) is 0 Å². The molecule has 0 fully saturated rings. The third-order valence-electron chi connectivity index (χ3n) is 2.34. The number of rotatable bonds is 3. The van der Waals surface area contributed by atoms with E-state index in [1.54, 1.807) is 31.2 Å². The van der Waals surface area contributed by atoms with Crippen LogP contribution in [0.5, 0.6) is 0 Å². The van der Waals surface area contributed by atoms with Crippen molar-refractivity contribution in [3.8, 4) is 0 Å². The van der Waals surface area contributed by atoms with Crippen molar-refractivity contribution >= 4 is 11.8 Å². The van der Waals surface area contributed by atoms with Gasteiger partial charge in [-0.3, -0.25) is 4.79 Å². The Bertz CT molecular complexity index is 464. The molecule has 1 rings (SSSR count). The lowest BCUT2D eigenvalue weighted by Gasteiger charge is -2.14.